The molecule has 2 aromatic carbocycles. The number of methoxy groups -OCH3 is 2. The molecule has 0 saturated carbocycles. The van der Waals surface area contributed by atoms with Gasteiger partial charge in [-0.2, -0.15) is 0 Å². The van der Waals surface area contributed by atoms with Gasteiger partial charge in [-0.1, -0.05) is 0 Å². The third-order valence-electron chi connectivity index (χ3n) is 2.72. The summed E-state index contributed by atoms with van der Waals surface area (Å²) in [4.78, 5) is 0. The molecule has 0 bridgehead atoms. The summed E-state index contributed by atoms with van der Waals surface area (Å²) in [6.07, 6.45) is 0. The molecular formula is C12H6F6O2. The topological polar surface area (TPSA) is 18.5 Å². The summed E-state index contributed by atoms with van der Waals surface area (Å²) in [5.41, 5.74) is 0. The van der Waals surface area contributed by atoms with Crippen molar-refractivity contribution in [3.8, 4) is 11.5 Å². The van der Waals surface area contributed by atoms with Crippen LogP contribution in [0.1, 0.15) is 0 Å². The van der Waals surface area contributed by atoms with Gasteiger partial charge >= 0.3 is 0 Å². The number of ether oxygens (including phenoxy) is 2. The Hall–Kier alpha value is -2.12. The smallest absolute Gasteiger partial charge is 0.200 e. The van der Waals surface area contributed by atoms with Crippen molar-refractivity contribution < 1.29 is 35.8 Å². The fourth-order valence-electron chi connectivity index (χ4n) is 1.83. The Kier molecular flexibility index (Phi) is 3.41. The molecule has 2 rings (SSSR count). The van der Waals surface area contributed by atoms with Crippen molar-refractivity contribution in [1.82, 2.24) is 0 Å². The molecule has 0 fully saturated rings. The van der Waals surface area contributed by atoms with Gasteiger partial charge in [0.2, 0.25) is 11.5 Å². The summed E-state index contributed by atoms with van der Waals surface area (Å²) < 4.78 is 90.2. The first-order valence-corrected chi connectivity index (χ1v) is 5.11. The van der Waals surface area contributed by atoms with E-state index in [1.54, 1.807) is 0 Å². The Bertz CT molecular complexity index is 653. The van der Waals surface area contributed by atoms with Crippen LogP contribution in [0.2, 0.25) is 0 Å². The van der Waals surface area contributed by atoms with Gasteiger partial charge in [-0.15, -0.1) is 0 Å². The molecule has 0 heterocycles. The van der Waals surface area contributed by atoms with Crippen LogP contribution in [-0.2, 0) is 0 Å². The van der Waals surface area contributed by atoms with Gasteiger partial charge in [0, 0.05) is 0 Å². The van der Waals surface area contributed by atoms with Gasteiger partial charge in [0.25, 0.3) is 0 Å². The van der Waals surface area contributed by atoms with Gasteiger partial charge in [0.1, 0.15) is 0 Å². The predicted octanol–water partition coefficient (Wildman–Crippen LogP) is 3.69. The summed E-state index contributed by atoms with van der Waals surface area (Å²) >= 11 is 0. The maximum atomic E-state index is 14.0. The number of hydrogen-bond acceptors (Lipinski definition) is 2. The second-order valence-electron chi connectivity index (χ2n) is 3.70. The van der Waals surface area contributed by atoms with Crippen LogP contribution in [0.25, 0.3) is 10.8 Å². The van der Waals surface area contributed by atoms with Crippen molar-refractivity contribution in [1.29, 1.82) is 0 Å². The molecule has 0 aliphatic heterocycles. The molecule has 0 aliphatic rings. The van der Waals surface area contributed by atoms with Gasteiger partial charge in [0.05, 0.1) is 25.0 Å². The third kappa shape index (κ3) is 1.67. The highest BCUT2D eigenvalue weighted by molar-refractivity contribution is 5.89. The first-order valence-electron chi connectivity index (χ1n) is 5.11. The zero-order valence-electron chi connectivity index (χ0n) is 10.1. The molecule has 20 heavy (non-hydrogen) atoms. The summed E-state index contributed by atoms with van der Waals surface area (Å²) in [7, 11) is 1.83. The lowest BCUT2D eigenvalue weighted by Crippen LogP contribution is -2.05. The quantitative estimate of drug-likeness (QED) is 0.478. The van der Waals surface area contributed by atoms with Gasteiger partial charge in [0.15, 0.2) is 34.9 Å². The molecule has 0 atom stereocenters. The largest absolute Gasteiger partial charge is 0.490 e. The maximum absolute atomic E-state index is 14.0. The van der Waals surface area contributed by atoms with E-state index in [1.807, 2.05) is 0 Å². The molecule has 0 spiro atoms. The molecular weight excluding hydrogens is 290 g/mol. The first kappa shape index (κ1) is 14.3. The van der Waals surface area contributed by atoms with Crippen molar-refractivity contribution >= 4 is 10.8 Å². The summed E-state index contributed by atoms with van der Waals surface area (Å²) in [6.45, 7) is 0. The SMILES string of the molecule is COc1c(OC)c(F)c2c(F)c(F)c(F)c(F)c2c1F. The molecule has 0 aromatic heterocycles. The van der Waals surface area contributed by atoms with E-state index in [2.05, 4.69) is 9.47 Å². The van der Waals surface area contributed by atoms with Crippen LogP contribution in [0, 0.1) is 34.9 Å². The van der Waals surface area contributed by atoms with Crippen LogP contribution >= 0.6 is 0 Å². The fraction of sp³-hybridized carbons (Fsp3) is 0.167. The molecule has 0 unspecified atom stereocenters. The maximum Gasteiger partial charge on any atom is 0.200 e. The molecule has 0 aliphatic carbocycles. The lowest BCUT2D eigenvalue weighted by molar-refractivity contribution is 0.323. The van der Waals surface area contributed by atoms with Gasteiger partial charge in [-0.05, 0) is 0 Å². The molecule has 2 nitrogen and oxygen atoms in total. The van der Waals surface area contributed by atoms with Gasteiger partial charge < -0.3 is 9.47 Å². The van der Waals surface area contributed by atoms with E-state index in [-0.39, 0.29) is 0 Å². The lowest BCUT2D eigenvalue weighted by atomic mass is 10.1. The van der Waals surface area contributed by atoms with Crippen molar-refractivity contribution in [2.24, 2.45) is 0 Å². The van der Waals surface area contributed by atoms with Crippen LogP contribution in [0.4, 0.5) is 26.3 Å². The van der Waals surface area contributed by atoms with Crippen molar-refractivity contribution in [2.75, 3.05) is 14.2 Å². The first-order chi connectivity index (χ1) is 9.36. The van der Waals surface area contributed by atoms with Crippen molar-refractivity contribution in [3.05, 3.63) is 34.9 Å². The van der Waals surface area contributed by atoms with E-state index in [1.165, 1.54) is 0 Å². The van der Waals surface area contributed by atoms with Gasteiger partial charge in [-0.25, -0.2) is 26.3 Å². The zero-order valence-corrected chi connectivity index (χ0v) is 10.1. The summed E-state index contributed by atoms with van der Waals surface area (Å²) in [5, 5.41) is -2.78. The standard InChI is InChI=1S/C12H6F6O2/c1-19-11-7(15)3-4(8(16)12(11)20-2)6(14)10(18)9(17)5(3)13/h1-2H3. The zero-order chi connectivity index (χ0) is 15.2. The van der Waals surface area contributed by atoms with Gasteiger partial charge in [-0.3, -0.25) is 0 Å². The minimum atomic E-state index is -2.25. The highest BCUT2D eigenvalue weighted by atomic mass is 19.2. The third-order valence-corrected chi connectivity index (χ3v) is 2.72. The number of hydrogen-bond donors (Lipinski definition) is 0. The number of halogens is 6. The number of benzene rings is 2. The fourth-order valence-corrected chi connectivity index (χ4v) is 1.83. The van der Waals surface area contributed by atoms with Crippen LogP contribution in [0.3, 0.4) is 0 Å². The van der Waals surface area contributed by atoms with E-state index in [4.69, 9.17) is 0 Å². The Morgan fingerprint density at radius 3 is 1.05 bits per heavy atom. The van der Waals surface area contributed by atoms with Crippen LogP contribution in [0.5, 0.6) is 11.5 Å². The monoisotopic (exact) mass is 296 g/mol. The Morgan fingerprint density at radius 2 is 0.800 bits per heavy atom. The van der Waals surface area contributed by atoms with E-state index in [0.717, 1.165) is 14.2 Å². The molecule has 0 radical (unpaired) electrons. The molecule has 2 aromatic rings. The van der Waals surface area contributed by atoms with E-state index in [0.29, 0.717) is 0 Å². The van der Waals surface area contributed by atoms with Crippen molar-refractivity contribution in [2.45, 2.75) is 0 Å². The predicted molar refractivity (Wildman–Crippen MR) is 56.8 cm³/mol. The molecule has 0 amide bonds. The van der Waals surface area contributed by atoms with E-state index < -0.39 is 57.2 Å². The minimum Gasteiger partial charge on any atom is -0.490 e. The normalized spacial score (nSPS) is 11.0. The average molecular weight is 296 g/mol. The highest BCUT2D eigenvalue weighted by Gasteiger charge is 2.31. The molecule has 108 valence electrons. The Labute approximate surface area is 108 Å². The van der Waals surface area contributed by atoms with Crippen LogP contribution in [0.15, 0.2) is 0 Å². The second-order valence-corrected chi connectivity index (χ2v) is 3.70. The number of rotatable bonds is 2. The molecule has 0 saturated heterocycles. The molecule has 0 N–H and O–H groups in total. The van der Waals surface area contributed by atoms with Crippen LogP contribution in [-0.4, -0.2) is 14.2 Å². The lowest BCUT2D eigenvalue weighted by Gasteiger charge is -2.14. The Morgan fingerprint density at radius 1 is 0.500 bits per heavy atom. The average Bonchev–Trinajstić information content (AvgIpc) is 2.43. The van der Waals surface area contributed by atoms with E-state index in [9.17, 15) is 26.3 Å². The molecule has 8 heteroatoms. The summed E-state index contributed by atoms with van der Waals surface area (Å²) in [5.74, 6) is -13.6. The minimum absolute atomic E-state index is 0.887. The van der Waals surface area contributed by atoms with E-state index >= 15 is 0 Å². The summed E-state index contributed by atoms with van der Waals surface area (Å²) in [6, 6.07) is 0. The highest BCUT2D eigenvalue weighted by Crippen LogP contribution is 2.42. The number of fused-ring (bicyclic) bond motifs is 1. The van der Waals surface area contributed by atoms with Crippen molar-refractivity contribution in [3.63, 3.8) is 0 Å². The second kappa shape index (κ2) is 4.77. The Balaban J connectivity index is 3.16. The van der Waals surface area contributed by atoms with Crippen LogP contribution < -0.4 is 9.47 Å².